The zero-order valence-corrected chi connectivity index (χ0v) is 10.9. The Balaban J connectivity index is 2.23. The van der Waals surface area contributed by atoms with Crippen LogP contribution in [0, 0.1) is 0 Å². The molecule has 0 bridgehead atoms. The maximum atomic E-state index is 11.8. The van der Waals surface area contributed by atoms with Crippen LogP contribution in [0.5, 0.6) is 0 Å². The molecule has 2 heterocycles. The average Bonchev–Trinajstić information content (AvgIpc) is 2.39. The van der Waals surface area contributed by atoms with Gasteiger partial charge in [-0.3, -0.25) is 4.79 Å². The minimum Gasteiger partial charge on any atom is -0.370 e. The van der Waals surface area contributed by atoms with Crippen molar-refractivity contribution in [2.45, 2.75) is 26.3 Å². The molecule has 1 fully saturated rings. The highest BCUT2D eigenvalue weighted by molar-refractivity contribution is 5.86. The summed E-state index contributed by atoms with van der Waals surface area (Å²) in [6.45, 7) is 6.40. The molecule has 1 atom stereocenters. The average molecular weight is 248 g/mol. The van der Waals surface area contributed by atoms with Crippen molar-refractivity contribution in [3.05, 3.63) is 18.2 Å². The molecule has 1 aromatic rings. The van der Waals surface area contributed by atoms with E-state index in [2.05, 4.69) is 20.5 Å². The van der Waals surface area contributed by atoms with E-state index in [1.807, 2.05) is 32.0 Å². The molecule has 0 aromatic carbocycles. The number of aromatic nitrogens is 1. The summed E-state index contributed by atoms with van der Waals surface area (Å²) in [6, 6.07) is 5.77. The summed E-state index contributed by atoms with van der Waals surface area (Å²) >= 11 is 0. The SMILES string of the molecule is CCNc1cccc(N2CCNC(=O)C2CC)n1. The second-order valence-corrected chi connectivity index (χ2v) is 4.32. The lowest BCUT2D eigenvalue weighted by Gasteiger charge is -2.35. The molecule has 1 aliphatic heterocycles. The van der Waals surface area contributed by atoms with E-state index < -0.39 is 0 Å². The van der Waals surface area contributed by atoms with Gasteiger partial charge in [0, 0.05) is 19.6 Å². The van der Waals surface area contributed by atoms with Crippen LogP contribution in [-0.4, -0.2) is 36.6 Å². The van der Waals surface area contributed by atoms with Gasteiger partial charge in [-0.2, -0.15) is 0 Å². The molecule has 0 aliphatic carbocycles. The minimum absolute atomic E-state index is 0.0967. The highest BCUT2D eigenvalue weighted by atomic mass is 16.2. The highest BCUT2D eigenvalue weighted by Gasteiger charge is 2.28. The van der Waals surface area contributed by atoms with E-state index in [-0.39, 0.29) is 11.9 Å². The van der Waals surface area contributed by atoms with Crippen LogP contribution in [0.25, 0.3) is 0 Å². The van der Waals surface area contributed by atoms with Gasteiger partial charge < -0.3 is 15.5 Å². The number of rotatable bonds is 4. The number of carbonyl (C=O) groups is 1. The van der Waals surface area contributed by atoms with Gasteiger partial charge in [-0.1, -0.05) is 13.0 Å². The Labute approximate surface area is 108 Å². The molecule has 0 saturated carbocycles. The van der Waals surface area contributed by atoms with Crippen LogP contribution in [0.1, 0.15) is 20.3 Å². The van der Waals surface area contributed by atoms with Crippen molar-refractivity contribution in [3.8, 4) is 0 Å². The van der Waals surface area contributed by atoms with E-state index in [1.165, 1.54) is 0 Å². The third-order valence-corrected chi connectivity index (χ3v) is 3.10. The standard InChI is InChI=1S/C13H20N4O/c1-3-10-13(18)15-8-9-17(10)12-7-5-6-11(16-12)14-4-2/h5-7,10H,3-4,8-9H2,1-2H3,(H,14,16)(H,15,18). The third kappa shape index (κ3) is 2.55. The number of piperazine rings is 1. The summed E-state index contributed by atoms with van der Waals surface area (Å²) in [5.41, 5.74) is 0. The first kappa shape index (κ1) is 12.7. The highest BCUT2D eigenvalue weighted by Crippen LogP contribution is 2.19. The van der Waals surface area contributed by atoms with Crippen molar-refractivity contribution in [1.29, 1.82) is 0 Å². The van der Waals surface area contributed by atoms with Crippen molar-refractivity contribution in [2.24, 2.45) is 0 Å². The fourth-order valence-electron chi connectivity index (χ4n) is 2.26. The summed E-state index contributed by atoms with van der Waals surface area (Å²) < 4.78 is 0. The molecule has 2 rings (SSSR count). The van der Waals surface area contributed by atoms with Crippen LogP contribution in [0.3, 0.4) is 0 Å². The van der Waals surface area contributed by atoms with Crippen LogP contribution in [0.2, 0.25) is 0 Å². The largest absolute Gasteiger partial charge is 0.370 e. The van der Waals surface area contributed by atoms with Gasteiger partial charge in [-0.15, -0.1) is 0 Å². The van der Waals surface area contributed by atoms with E-state index in [0.717, 1.165) is 31.1 Å². The summed E-state index contributed by atoms with van der Waals surface area (Å²) in [4.78, 5) is 18.5. The first-order chi connectivity index (χ1) is 8.76. The van der Waals surface area contributed by atoms with Gasteiger partial charge in [0.15, 0.2) is 0 Å². The van der Waals surface area contributed by atoms with Crippen molar-refractivity contribution >= 4 is 17.5 Å². The molecule has 5 nitrogen and oxygen atoms in total. The topological polar surface area (TPSA) is 57.3 Å². The van der Waals surface area contributed by atoms with E-state index in [4.69, 9.17) is 0 Å². The molecular formula is C13H20N4O. The Bertz CT molecular complexity index is 421. The number of hydrogen-bond donors (Lipinski definition) is 2. The minimum atomic E-state index is -0.108. The summed E-state index contributed by atoms with van der Waals surface area (Å²) in [7, 11) is 0. The van der Waals surface area contributed by atoms with Crippen LogP contribution in [-0.2, 0) is 4.79 Å². The van der Waals surface area contributed by atoms with E-state index in [0.29, 0.717) is 6.54 Å². The summed E-state index contributed by atoms with van der Waals surface area (Å²) in [6.07, 6.45) is 0.791. The normalized spacial score (nSPS) is 19.6. The maximum absolute atomic E-state index is 11.8. The van der Waals surface area contributed by atoms with Gasteiger partial charge in [0.2, 0.25) is 5.91 Å². The lowest BCUT2D eigenvalue weighted by atomic mass is 10.1. The number of pyridine rings is 1. The molecule has 1 aliphatic rings. The molecule has 1 aromatic heterocycles. The predicted octanol–water partition coefficient (Wildman–Crippen LogP) is 1.23. The van der Waals surface area contributed by atoms with E-state index in [1.54, 1.807) is 0 Å². The Hall–Kier alpha value is -1.78. The molecule has 0 radical (unpaired) electrons. The fraction of sp³-hybridized carbons (Fsp3) is 0.538. The van der Waals surface area contributed by atoms with Crippen molar-refractivity contribution in [3.63, 3.8) is 0 Å². The Kier molecular flexibility index (Phi) is 4.02. The van der Waals surface area contributed by atoms with Crippen LogP contribution in [0.15, 0.2) is 18.2 Å². The lowest BCUT2D eigenvalue weighted by molar-refractivity contribution is -0.123. The summed E-state index contributed by atoms with van der Waals surface area (Å²) in [5.74, 6) is 1.82. The molecule has 98 valence electrons. The van der Waals surface area contributed by atoms with Crippen LogP contribution in [0.4, 0.5) is 11.6 Å². The number of nitrogens with zero attached hydrogens (tertiary/aromatic N) is 2. The Morgan fingerprint density at radius 2 is 2.33 bits per heavy atom. The molecule has 1 saturated heterocycles. The maximum Gasteiger partial charge on any atom is 0.242 e. The van der Waals surface area contributed by atoms with Crippen LogP contribution >= 0.6 is 0 Å². The first-order valence-corrected chi connectivity index (χ1v) is 6.51. The van der Waals surface area contributed by atoms with Gasteiger partial charge in [0.05, 0.1) is 0 Å². The first-order valence-electron chi connectivity index (χ1n) is 6.51. The molecular weight excluding hydrogens is 228 g/mol. The van der Waals surface area contributed by atoms with E-state index in [9.17, 15) is 4.79 Å². The zero-order valence-electron chi connectivity index (χ0n) is 10.9. The molecule has 1 amide bonds. The molecule has 18 heavy (non-hydrogen) atoms. The van der Waals surface area contributed by atoms with E-state index >= 15 is 0 Å². The molecule has 1 unspecified atom stereocenters. The molecule has 5 heteroatoms. The van der Waals surface area contributed by atoms with Gasteiger partial charge in [-0.25, -0.2) is 4.98 Å². The fourth-order valence-corrected chi connectivity index (χ4v) is 2.26. The van der Waals surface area contributed by atoms with Crippen molar-refractivity contribution < 1.29 is 4.79 Å². The summed E-state index contributed by atoms with van der Waals surface area (Å²) in [5, 5.41) is 6.09. The van der Waals surface area contributed by atoms with Gasteiger partial charge >= 0.3 is 0 Å². The Morgan fingerprint density at radius 1 is 1.50 bits per heavy atom. The molecule has 0 spiro atoms. The number of amides is 1. The van der Waals surface area contributed by atoms with Gasteiger partial charge in [0.25, 0.3) is 0 Å². The number of anilines is 2. The zero-order chi connectivity index (χ0) is 13.0. The number of nitrogens with one attached hydrogen (secondary N) is 2. The second-order valence-electron chi connectivity index (χ2n) is 4.32. The number of hydrogen-bond acceptors (Lipinski definition) is 4. The monoisotopic (exact) mass is 248 g/mol. The van der Waals surface area contributed by atoms with Crippen molar-refractivity contribution in [2.75, 3.05) is 29.9 Å². The smallest absolute Gasteiger partial charge is 0.242 e. The van der Waals surface area contributed by atoms with Crippen LogP contribution < -0.4 is 15.5 Å². The second kappa shape index (κ2) is 5.71. The van der Waals surface area contributed by atoms with Crippen molar-refractivity contribution in [1.82, 2.24) is 10.3 Å². The third-order valence-electron chi connectivity index (χ3n) is 3.10. The van der Waals surface area contributed by atoms with Gasteiger partial charge in [0.1, 0.15) is 17.7 Å². The number of carbonyl (C=O) groups excluding carboxylic acids is 1. The predicted molar refractivity (Wildman–Crippen MR) is 72.8 cm³/mol. The lowest BCUT2D eigenvalue weighted by Crippen LogP contribution is -2.55. The quantitative estimate of drug-likeness (QED) is 0.841. The molecule has 2 N–H and O–H groups in total. The van der Waals surface area contributed by atoms with Gasteiger partial charge in [-0.05, 0) is 25.5 Å². The Morgan fingerprint density at radius 3 is 3.06 bits per heavy atom.